The Morgan fingerprint density at radius 1 is 0.957 bits per heavy atom. The first-order valence-electron chi connectivity index (χ1n) is 7.05. The Kier molecular flexibility index (Phi) is 6.07. The highest BCUT2D eigenvalue weighted by molar-refractivity contribution is 8.00. The summed E-state index contributed by atoms with van der Waals surface area (Å²) < 4.78 is 0. The Morgan fingerprint density at radius 3 is 2.04 bits per heavy atom. The van der Waals surface area contributed by atoms with Crippen molar-refractivity contribution in [3.8, 4) is 0 Å². The second-order valence-electron chi connectivity index (χ2n) is 4.96. The van der Waals surface area contributed by atoms with Gasteiger partial charge in [-0.1, -0.05) is 11.6 Å². The van der Waals surface area contributed by atoms with Crippen molar-refractivity contribution in [1.29, 1.82) is 0 Å². The van der Waals surface area contributed by atoms with E-state index in [1.165, 1.54) is 18.7 Å². The van der Waals surface area contributed by atoms with Gasteiger partial charge in [0.05, 0.1) is 5.25 Å². The van der Waals surface area contributed by atoms with Crippen LogP contribution in [0.4, 0.5) is 11.4 Å². The minimum absolute atomic E-state index is 0.0803. The molecule has 0 radical (unpaired) electrons. The number of benzene rings is 2. The van der Waals surface area contributed by atoms with Gasteiger partial charge in [-0.15, -0.1) is 11.8 Å². The third kappa shape index (κ3) is 5.62. The van der Waals surface area contributed by atoms with Crippen molar-refractivity contribution >= 4 is 46.6 Å². The molecule has 2 aromatic carbocycles. The van der Waals surface area contributed by atoms with E-state index in [0.29, 0.717) is 10.7 Å². The highest BCUT2D eigenvalue weighted by Crippen LogP contribution is 2.25. The average Bonchev–Trinajstić information content (AvgIpc) is 2.51. The minimum atomic E-state index is -0.253. The zero-order valence-electron chi connectivity index (χ0n) is 12.8. The first-order chi connectivity index (χ1) is 10.9. The summed E-state index contributed by atoms with van der Waals surface area (Å²) in [4.78, 5) is 24.1. The average molecular weight is 349 g/mol. The summed E-state index contributed by atoms with van der Waals surface area (Å²) in [6.45, 7) is 3.31. The summed E-state index contributed by atoms with van der Waals surface area (Å²) >= 11 is 7.27. The van der Waals surface area contributed by atoms with E-state index in [2.05, 4.69) is 10.6 Å². The van der Waals surface area contributed by atoms with Gasteiger partial charge in [0, 0.05) is 28.2 Å². The maximum atomic E-state index is 12.2. The molecule has 2 amide bonds. The quantitative estimate of drug-likeness (QED) is 0.786. The normalized spacial score (nSPS) is 11.6. The Morgan fingerprint density at radius 2 is 1.48 bits per heavy atom. The van der Waals surface area contributed by atoms with Crippen LogP contribution in [0, 0.1) is 0 Å². The summed E-state index contributed by atoms with van der Waals surface area (Å²) in [7, 11) is 0. The smallest absolute Gasteiger partial charge is 0.237 e. The molecular weight excluding hydrogens is 332 g/mol. The molecule has 0 spiro atoms. The molecule has 2 aromatic rings. The molecule has 0 aliphatic carbocycles. The monoisotopic (exact) mass is 348 g/mol. The summed E-state index contributed by atoms with van der Waals surface area (Å²) in [5.74, 6) is -0.190. The lowest BCUT2D eigenvalue weighted by molar-refractivity contribution is -0.115. The Bertz CT molecular complexity index is 687. The van der Waals surface area contributed by atoms with Crippen molar-refractivity contribution in [2.75, 3.05) is 10.6 Å². The van der Waals surface area contributed by atoms with Crippen molar-refractivity contribution in [2.24, 2.45) is 0 Å². The summed E-state index contributed by atoms with van der Waals surface area (Å²) in [6, 6.07) is 14.4. The topological polar surface area (TPSA) is 58.2 Å². The van der Waals surface area contributed by atoms with E-state index in [1.54, 1.807) is 24.3 Å². The number of hydrogen-bond acceptors (Lipinski definition) is 3. The van der Waals surface area contributed by atoms with Gasteiger partial charge in [0.1, 0.15) is 0 Å². The number of hydrogen-bond donors (Lipinski definition) is 2. The van der Waals surface area contributed by atoms with Crippen LogP contribution in [0.1, 0.15) is 13.8 Å². The molecule has 23 heavy (non-hydrogen) atoms. The van der Waals surface area contributed by atoms with Crippen LogP contribution in [0.25, 0.3) is 0 Å². The molecule has 0 heterocycles. The number of thioether (sulfide) groups is 1. The van der Waals surface area contributed by atoms with Gasteiger partial charge in [-0.2, -0.15) is 0 Å². The van der Waals surface area contributed by atoms with Crippen molar-refractivity contribution in [1.82, 2.24) is 0 Å². The molecule has 2 N–H and O–H groups in total. The van der Waals surface area contributed by atoms with Crippen LogP contribution < -0.4 is 10.6 Å². The van der Waals surface area contributed by atoms with E-state index in [4.69, 9.17) is 11.6 Å². The standard InChI is InChI=1S/C17H17ClN2O2S/c1-11(17(22)20-15-5-3-13(18)4-6-15)23-16-9-7-14(8-10-16)19-12(2)21/h3-11H,1-2H3,(H,19,21)(H,20,22)/t11-/m0/s1. The van der Waals surface area contributed by atoms with Crippen LogP contribution in [0.2, 0.25) is 5.02 Å². The summed E-state index contributed by atoms with van der Waals surface area (Å²) in [5.41, 5.74) is 1.45. The van der Waals surface area contributed by atoms with Gasteiger partial charge in [-0.05, 0) is 55.5 Å². The maximum Gasteiger partial charge on any atom is 0.237 e. The number of amides is 2. The van der Waals surface area contributed by atoms with Gasteiger partial charge in [-0.3, -0.25) is 9.59 Å². The predicted octanol–water partition coefficient (Wildman–Crippen LogP) is 4.42. The molecule has 120 valence electrons. The Hall–Kier alpha value is -1.98. The molecule has 0 fully saturated rings. The van der Waals surface area contributed by atoms with E-state index in [9.17, 15) is 9.59 Å². The lowest BCUT2D eigenvalue weighted by atomic mass is 10.3. The number of halogens is 1. The second kappa shape index (κ2) is 8.04. The first-order valence-corrected chi connectivity index (χ1v) is 8.30. The van der Waals surface area contributed by atoms with E-state index in [-0.39, 0.29) is 17.1 Å². The lowest BCUT2D eigenvalue weighted by Gasteiger charge is -2.12. The van der Waals surface area contributed by atoms with Crippen molar-refractivity contribution in [2.45, 2.75) is 24.0 Å². The minimum Gasteiger partial charge on any atom is -0.326 e. The Labute approximate surface area is 144 Å². The molecule has 0 unspecified atom stereocenters. The highest BCUT2D eigenvalue weighted by atomic mass is 35.5. The number of carbonyl (C=O) groups excluding carboxylic acids is 2. The van der Waals surface area contributed by atoms with Crippen molar-refractivity contribution in [3.05, 3.63) is 53.6 Å². The fourth-order valence-electron chi connectivity index (χ4n) is 1.85. The summed E-state index contributed by atoms with van der Waals surface area (Å²) in [6.07, 6.45) is 0. The van der Waals surface area contributed by atoms with Gasteiger partial charge in [0.25, 0.3) is 0 Å². The van der Waals surface area contributed by atoms with E-state index < -0.39 is 0 Å². The van der Waals surface area contributed by atoms with E-state index in [0.717, 1.165) is 10.6 Å². The molecule has 0 aromatic heterocycles. The molecule has 2 rings (SSSR count). The van der Waals surface area contributed by atoms with Gasteiger partial charge in [0.15, 0.2) is 0 Å². The maximum absolute atomic E-state index is 12.2. The largest absolute Gasteiger partial charge is 0.326 e. The van der Waals surface area contributed by atoms with Crippen LogP contribution in [-0.2, 0) is 9.59 Å². The van der Waals surface area contributed by atoms with E-state index >= 15 is 0 Å². The predicted molar refractivity (Wildman–Crippen MR) is 96.1 cm³/mol. The first kappa shape index (κ1) is 17.4. The van der Waals surface area contributed by atoms with Gasteiger partial charge < -0.3 is 10.6 Å². The van der Waals surface area contributed by atoms with Crippen molar-refractivity contribution in [3.63, 3.8) is 0 Å². The third-order valence-electron chi connectivity index (χ3n) is 2.97. The van der Waals surface area contributed by atoms with Crippen LogP contribution in [-0.4, -0.2) is 17.1 Å². The molecule has 0 saturated heterocycles. The number of rotatable bonds is 5. The number of anilines is 2. The van der Waals surface area contributed by atoms with Gasteiger partial charge in [-0.25, -0.2) is 0 Å². The molecular formula is C17H17ClN2O2S. The number of carbonyl (C=O) groups is 2. The fourth-order valence-corrected chi connectivity index (χ4v) is 2.85. The second-order valence-corrected chi connectivity index (χ2v) is 6.81. The van der Waals surface area contributed by atoms with Crippen molar-refractivity contribution < 1.29 is 9.59 Å². The molecule has 0 aliphatic heterocycles. The summed E-state index contributed by atoms with van der Waals surface area (Å²) in [5, 5.41) is 5.94. The molecule has 1 atom stereocenters. The van der Waals surface area contributed by atoms with Crippen LogP contribution in [0.3, 0.4) is 0 Å². The zero-order valence-corrected chi connectivity index (χ0v) is 14.4. The number of nitrogens with one attached hydrogen (secondary N) is 2. The van der Waals surface area contributed by atoms with Gasteiger partial charge in [0.2, 0.25) is 11.8 Å². The lowest BCUT2D eigenvalue weighted by Crippen LogP contribution is -2.22. The molecule has 0 bridgehead atoms. The fraction of sp³-hybridized carbons (Fsp3) is 0.176. The SMILES string of the molecule is CC(=O)Nc1ccc(S[C@@H](C)C(=O)Nc2ccc(Cl)cc2)cc1. The third-order valence-corrected chi connectivity index (χ3v) is 4.33. The molecule has 0 aliphatic rings. The van der Waals surface area contributed by atoms with Gasteiger partial charge >= 0.3 is 0 Å². The van der Waals surface area contributed by atoms with Crippen LogP contribution in [0.15, 0.2) is 53.4 Å². The van der Waals surface area contributed by atoms with Crippen LogP contribution >= 0.6 is 23.4 Å². The van der Waals surface area contributed by atoms with E-state index in [1.807, 2.05) is 31.2 Å². The highest BCUT2D eigenvalue weighted by Gasteiger charge is 2.14. The molecule has 6 heteroatoms. The molecule has 4 nitrogen and oxygen atoms in total. The molecule has 0 saturated carbocycles. The van der Waals surface area contributed by atoms with Crippen LogP contribution in [0.5, 0.6) is 0 Å². The zero-order chi connectivity index (χ0) is 16.8. The Balaban J connectivity index is 1.92.